The second kappa shape index (κ2) is 8.09. The van der Waals surface area contributed by atoms with Crippen LogP contribution in [-0.2, 0) is 6.54 Å². The number of aromatic nitrogens is 4. The van der Waals surface area contributed by atoms with Crippen molar-refractivity contribution in [3.05, 3.63) is 60.2 Å². The smallest absolute Gasteiger partial charge is 0.338 e. The van der Waals surface area contributed by atoms with E-state index >= 15 is 0 Å². The fourth-order valence-electron chi connectivity index (χ4n) is 2.66. The molecule has 0 aliphatic carbocycles. The van der Waals surface area contributed by atoms with E-state index in [0.29, 0.717) is 12.2 Å². The number of rotatable bonds is 7. The number of carboxylic acid groups (broad SMARTS) is 1. The van der Waals surface area contributed by atoms with Gasteiger partial charge in [-0.1, -0.05) is 30.0 Å². The number of aromatic carboxylic acids is 1. The topological polar surface area (TPSA) is 102 Å². The first-order valence-corrected chi connectivity index (χ1v) is 9.46. The molecule has 2 heterocycles. The lowest BCUT2D eigenvalue weighted by Gasteiger charge is -2.15. The molecule has 0 aliphatic heterocycles. The van der Waals surface area contributed by atoms with E-state index in [0.717, 1.165) is 10.8 Å². The number of imidazole rings is 1. The van der Waals surface area contributed by atoms with Gasteiger partial charge in [0.15, 0.2) is 5.16 Å². The number of carbonyl (C=O) groups is 2. The molecular weight excluding hydrogens is 366 g/mol. The van der Waals surface area contributed by atoms with Gasteiger partial charge in [-0.2, -0.15) is 5.10 Å². The summed E-state index contributed by atoms with van der Waals surface area (Å²) < 4.78 is 3.30. The van der Waals surface area contributed by atoms with Crippen molar-refractivity contribution in [1.82, 2.24) is 24.6 Å². The third kappa shape index (κ3) is 4.20. The molecule has 1 unspecified atom stereocenters. The van der Waals surface area contributed by atoms with Crippen molar-refractivity contribution in [1.29, 1.82) is 0 Å². The van der Waals surface area contributed by atoms with E-state index < -0.39 is 5.97 Å². The van der Waals surface area contributed by atoms with Crippen molar-refractivity contribution in [2.75, 3.05) is 6.26 Å². The van der Waals surface area contributed by atoms with Crippen molar-refractivity contribution in [3.8, 4) is 5.69 Å². The monoisotopic (exact) mass is 385 g/mol. The fourth-order valence-corrected chi connectivity index (χ4v) is 3.21. The molecule has 140 valence electrons. The summed E-state index contributed by atoms with van der Waals surface area (Å²) in [5, 5.41) is 16.6. The Labute approximate surface area is 160 Å². The van der Waals surface area contributed by atoms with E-state index in [2.05, 4.69) is 15.4 Å². The minimum atomic E-state index is -1.03. The average molecular weight is 385 g/mol. The van der Waals surface area contributed by atoms with Gasteiger partial charge in [-0.3, -0.25) is 14.0 Å². The third-order valence-electron chi connectivity index (χ3n) is 3.88. The summed E-state index contributed by atoms with van der Waals surface area (Å²) in [7, 11) is 0. The minimum Gasteiger partial charge on any atom is -0.478 e. The van der Waals surface area contributed by atoms with Gasteiger partial charge in [-0.05, 0) is 25.3 Å². The van der Waals surface area contributed by atoms with Crippen LogP contribution in [0.5, 0.6) is 0 Å². The highest BCUT2D eigenvalue weighted by atomic mass is 32.2. The summed E-state index contributed by atoms with van der Waals surface area (Å²) >= 11 is 1.46. The number of amides is 1. The predicted octanol–water partition coefficient (Wildman–Crippen LogP) is 2.31. The summed E-state index contributed by atoms with van der Waals surface area (Å²) in [4.78, 5) is 28.0. The van der Waals surface area contributed by atoms with E-state index in [-0.39, 0.29) is 17.5 Å². The number of para-hydroxylation sites is 1. The number of carboxylic acids is 1. The van der Waals surface area contributed by atoms with E-state index in [4.69, 9.17) is 5.11 Å². The molecule has 3 aromatic rings. The van der Waals surface area contributed by atoms with Gasteiger partial charge in [0.25, 0.3) is 5.91 Å². The zero-order valence-electron chi connectivity index (χ0n) is 14.9. The lowest BCUT2D eigenvalue weighted by atomic mass is 10.3. The van der Waals surface area contributed by atoms with Crippen LogP contribution in [0.1, 0.15) is 27.8 Å². The van der Waals surface area contributed by atoms with Gasteiger partial charge >= 0.3 is 5.97 Å². The van der Waals surface area contributed by atoms with Crippen molar-refractivity contribution < 1.29 is 14.7 Å². The molecule has 0 bridgehead atoms. The van der Waals surface area contributed by atoms with Gasteiger partial charge in [0, 0.05) is 17.9 Å². The minimum absolute atomic E-state index is 0.111. The first-order valence-electron chi connectivity index (χ1n) is 8.23. The molecule has 1 amide bonds. The molecule has 1 aromatic carbocycles. The molecule has 0 fully saturated rings. The molecule has 8 nitrogen and oxygen atoms in total. The Morgan fingerprint density at radius 3 is 2.63 bits per heavy atom. The van der Waals surface area contributed by atoms with Crippen molar-refractivity contribution >= 4 is 23.6 Å². The standard InChI is InChI=1S/C18H19N5O3S/c1-12(10-22-11-13(8-20-22)17(25)26)21-16(24)15-9-19-18(27-2)23(15)14-6-4-3-5-7-14/h3-9,11-12H,10H2,1-2H3,(H,21,24)(H,25,26). The van der Waals surface area contributed by atoms with Crippen LogP contribution in [-0.4, -0.2) is 48.6 Å². The molecular formula is C18H19N5O3S. The summed E-state index contributed by atoms with van der Waals surface area (Å²) in [6.45, 7) is 2.19. The van der Waals surface area contributed by atoms with Gasteiger partial charge in [0.1, 0.15) is 5.69 Å². The Hall–Kier alpha value is -3.07. The van der Waals surface area contributed by atoms with E-state index in [9.17, 15) is 9.59 Å². The molecule has 0 aliphatic rings. The Balaban J connectivity index is 1.76. The summed E-state index contributed by atoms with van der Waals surface area (Å²) in [5.74, 6) is -1.29. The maximum Gasteiger partial charge on any atom is 0.338 e. The highest BCUT2D eigenvalue weighted by Crippen LogP contribution is 2.21. The molecule has 27 heavy (non-hydrogen) atoms. The van der Waals surface area contributed by atoms with Gasteiger partial charge in [-0.15, -0.1) is 0 Å². The highest BCUT2D eigenvalue weighted by molar-refractivity contribution is 7.98. The normalized spacial score (nSPS) is 11.9. The van der Waals surface area contributed by atoms with Crippen molar-refractivity contribution in [2.24, 2.45) is 0 Å². The third-order valence-corrected chi connectivity index (χ3v) is 4.53. The second-order valence-corrected chi connectivity index (χ2v) is 6.71. The molecule has 2 N–H and O–H groups in total. The van der Waals surface area contributed by atoms with E-state index in [1.165, 1.54) is 28.8 Å². The van der Waals surface area contributed by atoms with Gasteiger partial charge in [-0.25, -0.2) is 9.78 Å². The number of thioether (sulfide) groups is 1. The average Bonchev–Trinajstić information content (AvgIpc) is 3.29. The first-order chi connectivity index (χ1) is 13.0. The molecule has 0 saturated heterocycles. The van der Waals surface area contributed by atoms with Gasteiger partial charge in [0.05, 0.1) is 24.5 Å². The van der Waals surface area contributed by atoms with Crippen LogP contribution in [0.4, 0.5) is 0 Å². The first kappa shape index (κ1) is 18.7. The van der Waals surface area contributed by atoms with Crippen molar-refractivity contribution in [3.63, 3.8) is 0 Å². The molecule has 0 spiro atoms. The zero-order valence-corrected chi connectivity index (χ0v) is 15.7. The number of nitrogens with one attached hydrogen (secondary N) is 1. The molecule has 1 atom stereocenters. The lowest BCUT2D eigenvalue weighted by molar-refractivity contribution is 0.0696. The van der Waals surface area contributed by atoms with Crippen molar-refractivity contribution in [2.45, 2.75) is 24.7 Å². The maximum absolute atomic E-state index is 12.8. The Morgan fingerprint density at radius 2 is 2.00 bits per heavy atom. The Morgan fingerprint density at radius 1 is 1.26 bits per heavy atom. The van der Waals surface area contributed by atoms with E-state index in [1.807, 2.05) is 48.1 Å². The quantitative estimate of drug-likeness (QED) is 0.605. The Bertz CT molecular complexity index is 951. The molecule has 9 heteroatoms. The summed E-state index contributed by atoms with van der Waals surface area (Å²) in [6, 6.07) is 9.30. The van der Waals surface area contributed by atoms with Crippen LogP contribution >= 0.6 is 11.8 Å². The molecule has 3 rings (SSSR count). The Kier molecular flexibility index (Phi) is 5.60. The SMILES string of the molecule is CSc1ncc(C(=O)NC(C)Cn2cc(C(=O)O)cn2)n1-c1ccccc1. The van der Waals surface area contributed by atoms with E-state index in [1.54, 1.807) is 6.20 Å². The van der Waals surface area contributed by atoms with Crippen LogP contribution < -0.4 is 5.32 Å². The number of benzene rings is 1. The molecule has 0 saturated carbocycles. The maximum atomic E-state index is 12.8. The number of carbonyl (C=O) groups excluding carboxylic acids is 1. The number of hydrogen-bond acceptors (Lipinski definition) is 5. The van der Waals surface area contributed by atoms with Crippen LogP contribution in [0.3, 0.4) is 0 Å². The van der Waals surface area contributed by atoms with Crippen LogP contribution in [0, 0.1) is 0 Å². The number of nitrogens with zero attached hydrogens (tertiary/aromatic N) is 4. The van der Waals surface area contributed by atoms with Crippen LogP contribution in [0.15, 0.2) is 54.1 Å². The lowest BCUT2D eigenvalue weighted by Crippen LogP contribution is -2.36. The summed E-state index contributed by atoms with van der Waals surface area (Å²) in [5.41, 5.74) is 1.40. The summed E-state index contributed by atoms with van der Waals surface area (Å²) in [6.07, 6.45) is 6.18. The number of hydrogen-bond donors (Lipinski definition) is 2. The van der Waals surface area contributed by atoms with Gasteiger partial charge < -0.3 is 10.4 Å². The van der Waals surface area contributed by atoms with Crippen LogP contribution in [0.25, 0.3) is 5.69 Å². The fraction of sp³-hybridized carbons (Fsp3) is 0.222. The van der Waals surface area contributed by atoms with Gasteiger partial charge in [0.2, 0.25) is 0 Å². The zero-order chi connectivity index (χ0) is 19.4. The highest BCUT2D eigenvalue weighted by Gasteiger charge is 2.19. The van der Waals surface area contributed by atoms with Crippen LogP contribution in [0.2, 0.25) is 0 Å². The second-order valence-electron chi connectivity index (χ2n) is 5.93. The molecule has 0 radical (unpaired) electrons. The molecule has 2 aromatic heterocycles. The largest absolute Gasteiger partial charge is 0.478 e. The predicted molar refractivity (Wildman–Crippen MR) is 101 cm³/mol.